The van der Waals surface area contributed by atoms with Gasteiger partial charge >= 0.3 is 0 Å². The van der Waals surface area contributed by atoms with Gasteiger partial charge < -0.3 is 4.98 Å². The van der Waals surface area contributed by atoms with Crippen LogP contribution in [0, 0.1) is 0 Å². The van der Waals surface area contributed by atoms with Crippen molar-refractivity contribution in [3.63, 3.8) is 0 Å². The number of aromatic amines is 1. The molecule has 1 N–H and O–H groups in total. The van der Waals surface area contributed by atoms with Crippen LogP contribution in [0.25, 0.3) is 0 Å². The number of unbranched alkanes of at least 4 members (excludes halogenated alkanes) is 9. The van der Waals surface area contributed by atoms with Crippen LogP contribution >= 0.6 is 0 Å². The van der Waals surface area contributed by atoms with E-state index >= 15 is 0 Å². The molecule has 0 spiro atoms. The second-order valence-electron chi connectivity index (χ2n) is 7.64. The number of benzene rings is 1. The first kappa shape index (κ1) is 20.7. The molecular weight excluding hydrogens is 316 g/mol. The highest BCUT2D eigenvalue weighted by Crippen LogP contribution is 2.14. The number of hydrogen-bond donors (Lipinski definition) is 1. The normalized spacial score (nSPS) is 11.1. The Morgan fingerprint density at radius 2 is 1.15 bits per heavy atom. The molecule has 0 aliphatic rings. The molecule has 1 aromatic carbocycles. The number of H-pyrrole nitrogens is 1. The van der Waals surface area contributed by atoms with Gasteiger partial charge in [-0.25, -0.2) is 4.98 Å². The number of hydrogen-bond acceptors (Lipinski definition) is 1. The van der Waals surface area contributed by atoms with Crippen molar-refractivity contribution in [1.29, 1.82) is 0 Å². The summed E-state index contributed by atoms with van der Waals surface area (Å²) in [4.78, 5) is 7.45. The van der Waals surface area contributed by atoms with E-state index in [1.54, 1.807) is 0 Å². The minimum absolute atomic E-state index is 1.08. The van der Waals surface area contributed by atoms with Crippen molar-refractivity contribution < 1.29 is 0 Å². The van der Waals surface area contributed by atoms with E-state index in [0.717, 1.165) is 12.2 Å². The van der Waals surface area contributed by atoms with Gasteiger partial charge in [0.05, 0.1) is 0 Å². The SMILES string of the molecule is CCCCCCCCCc1ccc(CCCCCCc2ncc[nH]2)cc1. The maximum atomic E-state index is 4.28. The van der Waals surface area contributed by atoms with Gasteiger partial charge in [-0.05, 0) is 43.2 Å². The number of nitrogens with one attached hydrogen (secondary N) is 1. The fourth-order valence-electron chi connectivity index (χ4n) is 3.57. The van der Waals surface area contributed by atoms with E-state index in [1.807, 2.05) is 12.4 Å². The largest absolute Gasteiger partial charge is 0.349 e. The van der Waals surface area contributed by atoms with E-state index in [2.05, 4.69) is 41.2 Å². The molecule has 144 valence electrons. The van der Waals surface area contributed by atoms with Crippen LogP contribution in [-0.4, -0.2) is 9.97 Å². The van der Waals surface area contributed by atoms with Gasteiger partial charge in [-0.3, -0.25) is 0 Å². The van der Waals surface area contributed by atoms with Crippen molar-refractivity contribution in [3.05, 3.63) is 53.6 Å². The summed E-state index contributed by atoms with van der Waals surface area (Å²) in [6, 6.07) is 9.39. The molecular formula is C24H38N2. The number of rotatable bonds is 15. The number of nitrogens with zero attached hydrogens (tertiary/aromatic N) is 1. The highest BCUT2D eigenvalue weighted by atomic mass is 14.9. The summed E-state index contributed by atoms with van der Waals surface area (Å²) in [6.45, 7) is 2.28. The van der Waals surface area contributed by atoms with Gasteiger partial charge in [-0.15, -0.1) is 0 Å². The van der Waals surface area contributed by atoms with Gasteiger partial charge in [0, 0.05) is 18.8 Å². The van der Waals surface area contributed by atoms with E-state index in [9.17, 15) is 0 Å². The summed E-state index contributed by atoms with van der Waals surface area (Å²) in [5, 5.41) is 0. The van der Waals surface area contributed by atoms with E-state index in [-0.39, 0.29) is 0 Å². The second kappa shape index (κ2) is 13.6. The summed E-state index contributed by atoms with van der Waals surface area (Å²) in [6.07, 6.45) is 22.2. The molecule has 0 aliphatic heterocycles. The Balaban J connectivity index is 1.47. The highest BCUT2D eigenvalue weighted by molar-refractivity contribution is 5.22. The van der Waals surface area contributed by atoms with Gasteiger partial charge in [0.1, 0.15) is 5.82 Å². The maximum absolute atomic E-state index is 4.28. The molecule has 0 atom stereocenters. The first-order valence-corrected chi connectivity index (χ1v) is 10.9. The zero-order valence-corrected chi connectivity index (χ0v) is 16.8. The standard InChI is InChI=1S/C24H38N2/c1-2-3-4-5-6-7-10-13-22-16-18-23(19-17-22)14-11-8-9-12-15-24-25-20-21-26-24/h16-21H,2-15H2,1H3,(H,25,26). The van der Waals surface area contributed by atoms with E-state index in [4.69, 9.17) is 0 Å². The predicted octanol–water partition coefficient (Wildman–Crippen LogP) is 7.05. The van der Waals surface area contributed by atoms with Gasteiger partial charge in [0.15, 0.2) is 0 Å². The molecule has 0 saturated carbocycles. The summed E-state index contributed by atoms with van der Waals surface area (Å²) >= 11 is 0. The average molecular weight is 355 g/mol. The molecule has 0 aliphatic carbocycles. The summed E-state index contributed by atoms with van der Waals surface area (Å²) in [5.74, 6) is 1.13. The number of imidazole rings is 1. The van der Waals surface area contributed by atoms with Crippen LogP contribution in [0.5, 0.6) is 0 Å². The third-order valence-electron chi connectivity index (χ3n) is 5.28. The molecule has 2 aromatic rings. The molecule has 0 bridgehead atoms. The molecule has 2 nitrogen and oxygen atoms in total. The Morgan fingerprint density at radius 3 is 1.65 bits per heavy atom. The molecule has 0 saturated heterocycles. The van der Waals surface area contributed by atoms with Crippen LogP contribution < -0.4 is 0 Å². The molecule has 0 amide bonds. The fraction of sp³-hybridized carbons (Fsp3) is 0.625. The minimum atomic E-state index is 1.08. The van der Waals surface area contributed by atoms with Crippen molar-refractivity contribution in [1.82, 2.24) is 9.97 Å². The third kappa shape index (κ3) is 9.22. The quantitative estimate of drug-likeness (QED) is 0.341. The molecule has 2 heteroatoms. The lowest BCUT2D eigenvalue weighted by Crippen LogP contribution is -1.91. The van der Waals surface area contributed by atoms with Crippen molar-refractivity contribution in [3.8, 4) is 0 Å². The smallest absolute Gasteiger partial charge is 0.105 e. The number of aryl methyl sites for hydroxylation is 3. The molecule has 0 fully saturated rings. The van der Waals surface area contributed by atoms with Crippen LogP contribution in [0.1, 0.15) is 94.5 Å². The highest BCUT2D eigenvalue weighted by Gasteiger charge is 1.98. The molecule has 0 unspecified atom stereocenters. The molecule has 26 heavy (non-hydrogen) atoms. The van der Waals surface area contributed by atoms with Crippen LogP contribution in [0.3, 0.4) is 0 Å². The van der Waals surface area contributed by atoms with Crippen molar-refractivity contribution >= 4 is 0 Å². The zero-order chi connectivity index (χ0) is 18.3. The lowest BCUT2D eigenvalue weighted by atomic mass is 10.0. The van der Waals surface area contributed by atoms with Crippen LogP contribution in [-0.2, 0) is 19.3 Å². The fourth-order valence-corrected chi connectivity index (χ4v) is 3.57. The second-order valence-corrected chi connectivity index (χ2v) is 7.64. The van der Waals surface area contributed by atoms with Gasteiger partial charge in [-0.2, -0.15) is 0 Å². The zero-order valence-electron chi connectivity index (χ0n) is 16.8. The van der Waals surface area contributed by atoms with Gasteiger partial charge in [0.25, 0.3) is 0 Å². The van der Waals surface area contributed by atoms with Crippen LogP contribution in [0.4, 0.5) is 0 Å². The first-order valence-electron chi connectivity index (χ1n) is 10.9. The Bertz CT molecular complexity index is 542. The number of aromatic nitrogens is 2. The Labute approximate surface area is 160 Å². The molecule has 2 rings (SSSR count). The Morgan fingerprint density at radius 1 is 0.654 bits per heavy atom. The topological polar surface area (TPSA) is 28.7 Å². The lowest BCUT2D eigenvalue weighted by Gasteiger charge is -2.05. The van der Waals surface area contributed by atoms with Crippen LogP contribution in [0.15, 0.2) is 36.7 Å². The summed E-state index contributed by atoms with van der Waals surface area (Å²) in [5.41, 5.74) is 3.01. The van der Waals surface area contributed by atoms with Crippen molar-refractivity contribution in [2.45, 2.75) is 96.8 Å². The first-order chi connectivity index (χ1) is 12.9. The monoisotopic (exact) mass is 354 g/mol. The van der Waals surface area contributed by atoms with Crippen molar-refractivity contribution in [2.24, 2.45) is 0 Å². The average Bonchev–Trinajstić information content (AvgIpc) is 3.18. The molecule has 0 radical (unpaired) electrons. The summed E-state index contributed by atoms with van der Waals surface area (Å²) in [7, 11) is 0. The minimum Gasteiger partial charge on any atom is -0.349 e. The molecule has 1 heterocycles. The molecule has 1 aromatic heterocycles. The Hall–Kier alpha value is -1.57. The van der Waals surface area contributed by atoms with Gasteiger partial charge in [0.2, 0.25) is 0 Å². The predicted molar refractivity (Wildman–Crippen MR) is 113 cm³/mol. The van der Waals surface area contributed by atoms with E-state index < -0.39 is 0 Å². The van der Waals surface area contributed by atoms with E-state index in [0.29, 0.717) is 0 Å². The Kier molecular flexibility index (Phi) is 10.9. The maximum Gasteiger partial charge on any atom is 0.105 e. The third-order valence-corrected chi connectivity index (χ3v) is 5.28. The van der Waals surface area contributed by atoms with Crippen LogP contribution in [0.2, 0.25) is 0 Å². The van der Waals surface area contributed by atoms with Gasteiger partial charge in [-0.1, -0.05) is 82.6 Å². The lowest BCUT2D eigenvalue weighted by molar-refractivity contribution is 0.589. The summed E-state index contributed by atoms with van der Waals surface area (Å²) < 4.78 is 0. The van der Waals surface area contributed by atoms with E-state index in [1.165, 1.54) is 94.6 Å². The van der Waals surface area contributed by atoms with Crippen molar-refractivity contribution in [2.75, 3.05) is 0 Å².